The lowest BCUT2D eigenvalue weighted by atomic mass is 10.1. The van der Waals surface area contributed by atoms with Crippen molar-refractivity contribution in [3.63, 3.8) is 0 Å². The molecule has 1 N–H and O–H groups in total. The van der Waals surface area contributed by atoms with Gasteiger partial charge in [-0.25, -0.2) is 0 Å². The Balaban J connectivity index is 1.45. The molecular formula is C22H25N3O2S. The molecule has 6 heteroatoms. The van der Waals surface area contributed by atoms with Crippen molar-refractivity contribution in [1.82, 2.24) is 15.2 Å². The highest BCUT2D eigenvalue weighted by Crippen LogP contribution is 2.37. The third-order valence-corrected chi connectivity index (χ3v) is 6.35. The number of pyridine rings is 1. The van der Waals surface area contributed by atoms with Gasteiger partial charge in [-0.1, -0.05) is 18.2 Å². The molecule has 2 aromatic heterocycles. The SMILES string of the molecule is COCCNC(=O)c1ccc(C2CCCN2Cc2cnc3ccccc3c2)s1. The second kappa shape index (κ2) is 8.82. The minimum absolute atomic E-state index is 0.0171. The highest BCUT2D eigenvalue weighted by atomic mass is 32.1. The number of thiophene rings is 1. The van der Waals surface area contributed by atoms with E-state index in [1.807, 2.05) is 24.4 Å². The van der Waals surface area contributed by atoms with Gasteiger partial charge in [0.15, 0.2) is 0 Å². The Labute approximate surface area is 169 Å². The summed E-state index contributed by atoms with van der Waals surface area (Å²) in [6.45, 7) is 3.02. The molecule has 5 nitrogen and oxygen atoms in total. The van der Waals surface area contributed by atoms with E-state index in [4.69, 9.17) is 4.74 Å². The number of methoxy groups -OCH3 is 1. The van der Waals surface area contributed by atoms with E-state index in [1.165, 1.54) is 22.2 Å². The maximum atomic E-state index is 12.3. The van der Waals surface area contributed by atoms with Crippen LogP contribution >= 0.6 is 11.3 Å². The number of ether oxygens (including phenoxy) is 1. The third kappa shape index (κ3) is 4.24. The van der Waals surface area contributed by atoms with Gasteiger partial charge in [0.1, 0.15) is 0 Å². The number of benzene rings is 1. The Morgan fingerprint density at radius 2 is 2.21 bits per heavy atom. The fourth-order valence-corrected chi connectivity index (χ4v) is 4.88. The molecule has 0 saturated carbocycles. The van der Waals surface area contributed by atoms with E-state index in [-0.39, 0.29) is 5.91 Å². The van der Waals surface area contributed by atoms with Gasteiger partial charge in [0.2, 0.25) is 0 Å². The number of nitrogens with zero attached hydrogens (tertiary/aromatic N) is 2. The minimum atomic E-state index is -0.0171. The first-order valence-corrected chi connectivity index (χ1v) is 10.5. The van der Waals surface area contributed by atoms with Crippen molar-refractivity contribution in [2.45, 2.75) is 25.4 Å². The van der Waals surface area contributed by atoms with Gasteiger partial charge in [0.25, 0.3) is 5.91 Å². The summed E-state index contributed by atoms with van der Waals surface area (Å²) in [7, 11) is 1.63. The molecule has 1 amide bonds. The molecule has 1 aliphatic rings. The molecule has 0 radical (unpaired) electrons. The Hall–Kier alpha value is -2.28. The van der Waals surface area contributed by atoms with Crippen molar-refractivity contribution in [3.8, 4) is 0 Å². The largest absolute Gasteiger partial charge is 0.383 e. The number of aromatic nitrogens is 1. The van der Waals surface area contributed by atoms with E-state index in [0.717, 1.165) is 29.9 Å². The number of amides is 1. The number of carbonyl (C=O) groups excluding carboxylic acids is 1. The molecule has 3 aromatic rings. The van der Waals surface area contributed by atoms with Crippen molar-refractivity contribution in [2.24, 2.45) is 0 Å². The summed E-state index contributed by atoms with van der Waals surface area (Å²) in [5.41, 5.74) is 2.27. The Kier molecular flexibility index (Phi) is 6.00. The number of likely N-dealkylation sites (tertiary alicyclic amines) is 1. The van der Waals surface area contributed by atoms with Crippen molar-refractivity contribution in [3.05, 3.63) is 64.0 Å². The maximum Gasteiger partial charge on any atom is 0.261 e. The Morgan fingerprint density at radius 1 is 1.32 bits per heavy atom. The van der Waals surface area contributed by atoms with Crippen LogP contribution in [-0.4, -0.2) is 42.6 Å². The first-order valence-electron chi connectivity index (χ1n) is 9.69. The first kappa shape index (κ1) is 19.1. The van der Waals surface area contributed by atoms with E-state index in [0.29, 0.717) is 19.2 Å². The van der Waals surface area contributed by atoms with Crippen molar-refractivity contribution < 1.29 is 9.53 Å². The quantitative estimate of drug-likeness (QED) is 0.614. The molecule has 146 valence electrons. The fraction of sp³-hybridized carbons (Fsp3) is 0.364. The lowest BCUT2D eigenvalue weighted by molar-refractivity contribution is 0.0941. The molecule has 1 aromatic carbocycles. The molecule has 1 unspecified atom stereocenters. The van der Waals surface area contributed by atoms with Gasteiger partial charge in [-0.05, 0) is 49.2 Å². The minimum Gasteiger partial charge on any atom is -0.383 e. The van der Waals surface area contributed by atoms with Gasteiger partial charge in [-0.3, -0.25) is 14.7 Å². The van der Waals surface area contributed by atoms with Gasteiger partial charge < -0.3 is 10.1 Å². The van der Waals surface area contributed by atoms with Crippen LogP contribution in [0.15, 0.2) is 48.7 Å². The molecule has 1 saturated heterocycles. The lowest BCUT2D eigenvalue weighted by Gasteiger charge is -2.23. The first-order chi connectivity index (χ1) is 13.7. The predicted octanol–water partition coefficient (Wildman–Crippen LogP) is 4.01. The van der Waals surface area contributed by atoms with Crippen LogP contribution in [0.25, 0.3) is 10.9 Å². The highest BCUT2D eigenvalue weighted by molar-refractivity contribution is 7.14. The van der Waals surface area contributed by atoms with E-state index >= 15 is 0 Å². The molecule has 1 fully saturated rings. The Bertz CT molecular complexity index is 956. The lowest BCUT2D eigenvalue weighted by Crippen LogP contribution is -2.26. The van der Waals surface area contributed by atoms with Crippen molar-refractivity contribution in [1.29, 1.82) is 0 Å². The summed E-state index contributed by atoms with van der Waals surface area (Å²) in [5.74, 6) is -0.0171. The molecular weight excluding hydrogens is 370 g/mol. The number of para-hydroxylation sites is 1. The van der Waals surface area contributed by atoms with E-state index in [9.17, 15) is 4.79 Å². The average Bonchev–Trinajstić information content (AvgIpc) is 3.37. The molecule has 1 aliphatic heterocycles. The molecule has 28 heavy (non-hydrogen) atoms. The van der Waals surface area contributed by atoms with Crippen LogP contribution in [0, 0.1) is 0 Å². The summed E-state index contributed by atoms with van der Waals surface area (Å²) in [5, 5.41) is 4.08. The highest BCUT2D eigenvalue weighted by Gasteiger charge is 2.28. The zero-order valence-electron chi connectivity index (χ0n) is 16.1. The number of hydrogen-bond donors (Lipinski definition) is 1. The van der Waals surface area contributed by atoms with Gasteiger partial charge >= 0.3 is 0 Å². The number of rotatable bonds is 7. The average molecular weight is 396 g/mol. The van der Waals surface area contributed by atoms with Crippen LogP contribution in [0.2, 0.25) is 0 Å². The standard InChI is InChI=1S/C22H25N3O2S/c1-27-12-10-23-22(26)21-9-8-20(28-21)19-7-4-11-25(19)15-16-13-17-5-2-3-6-18(17)24-14-16/h2-3,5-6,8-9,13-14,19H,4,7,10-12,15H2,1H3,(H,23,26). The van der Waals surface area contributed by atoms with Crippen LogP contribution in [0.5, 0.6) is 0 Å². The maximum absolute atomic E-state index is 12.3. The van der Waals surface area contributed by atoms with Gasteiger partial charge in [0.05, 0.1) is 17.0 Å². The summed E-state index contributed by atoms with van der Waals surface area (Å²) >= 11 is 1.60. The van der Waals surface area contributed by atoms with Gasteiger partial charge in [0, 0.05) is 42.7 Å². The van der Waals surface area contributed by atoms with Crippen LogP contribution in [0.1, 0.15) is 39.0 Å². The van der Waals surface area contributed by atoms with E-state index < -0.39 is 0 Å². The van der Waals surface area contributed by atoms with Crippen LogP contribution in [-0.2, 0) is 11.3 Å². The van der Waals surface area contributed by atoms with E-state index in [1.54, 1.807) is 18.4 Å². The Morgan fingerprint density at radius 3 is 3.11 bits per heavy atom. The molecule has 1 atom stereocenters. The summed E-state index contributed by atoms with van der Waals surface area (Å²) in [6, 6.07) is 14.9. The van der Waals surface area contributed by atoms with Crippen LogP contribution in [0.3, 0.4) is 0 Å². The summed E-state index contributed by atoms with van der Waals surface area (Å²) in [6.07, 6.45) is 4.30. The predicted molar refractivity (Wildman–Crippen MR) is 113 cm³/mol. The molecule has 0 spiro atoms. The van der Waals surface area contributed by atoms with Gasteiger partial charge in [-0.2, -0.15) is 0 Å². The smallest absolute Gasteiger partial charge is 0.261 e. The zero-order chi connectivity index (χ0) is 19.3. The van der Waals surface area contributed by atoms with Crippen LogP contribution in [0.4, 0.5) is 0 Å². The monoisotopic (exact) mass is 395 g/mol. The van der Waals surface area contributed by atoms with Crippen molar-refractivity contribution in [2.75, 3.05) is 26.8 Å². The number of fused-ring (bicyclic) bond motifs is 1. The topological polar surface area (TPSA) is 54.5 Å². The van der Waals surface area contributed by atoms with Crippen LogP contribution < -0.4 is 5.32 Å². The molecule has 4 rings (SSSR count). The normalized spacial score (nSPS) is 17.2. The molecule has 0 aliphatic carbocycles. The summed E-state index contributed by atoms with van der Waals surface area (Å²) in [4.78, 5) is 21.4. The zero-order valence-corrected chi connectivity index (χ0v) is 16.9. The second-order valence-electron chi connectivity index (χ2n) is 7.12. The third-order valence-electron chi connectivity index (χ3n) is 5.17. The molecule has 3 heterocycles. The molecule has 0 bridgehead atoms. The summed E-state index contributed by atoms with van der Waals surface area (Å²) < 4.78 is 4.99. The number of nitrogens with one attached hydrogen (secondary N) is 1. The van der Waals surface area contributed by atoms with Gasteiger partial charge in [-0.15, -0.1) is 11.3 Å². The number of carbonyl (C=O) groups is 1. The fourth-order valence-electron chi connectivity index (χ4n) is 3.78. The van der Waals surface area contributed by atoms with E-state index in [2.05, 4.69) is 39.5 Å². The second-order valence-corrected chi connectivity index (χ2v) is 8.23. The number of hydrogen-bond acceptors (Lipinski definition) is 5. The van der Waals surface area contributed by atoms with Crippen molar-refractivity contribution >= 4 is 28.1 Å².